The molecule has 4 nitrogen and oxygen atoms in total. The highest BCUT2D eigenvalue weighted by atomic mass is 16.5. The number of benzene rings is 1. The van der Waals surface area contributed by atoms with Gasteiger partial charge in [-0.3, -0.25) is 9.69 Å². The van der Waals surface area contributed by atoms with Crippen molar-refractivity contribution in [2.24, 2.45) is 0 Å². The van der Waals surface area contributed by atoms with Crippen molar-refractivity contribution in [3.63, 3.8) is 0 Å². The van der Waals surface area contributed by atoms with Crippen LogP contribution in [-0.2, 0) is 16.1 Å². The quantitative estimate of drug-likeness (QED) is 0.785. The van der Waals surface area contributed by atoms with Crippen LogP contribution in [0.1, 0.15) is 42.9 Å². The van der Waals surface area contributed by atoms with E-state index < -0.39 is 0 Å². The lowest BCUT2D eigenvalue weighted by atomic mass is 10.0. The lowest BCUT2D eigenvalue weighted by Crippen LogP contribution is -2.28. The van der Waals surface area contributed by atoms with Crippen molar-refractivity contribution in [2.75, 3.05) is 13.2 Å². The van der Waals surface area contributed by atoms with Gasteiger partial charge < -0.3 is 9.84 Å². The van der Waals surface area contributed by atoms with Crippen molar-refractivity contribution in [3.05, 3.63) is 28.8 Å². The Morgan fingerprint density at radius 3 is 2.62 bits per heavy atom. The lowest BCUT2D eigenvalue weighted by molar-refractivity contribution is -0.143. The maximum Gasteiger partial charge on any atom is 0.307 e. The Labute approximate surface area is 126 Å². The molecule has 1 saturated carbocycles. The molecule has 0 aliphatic heterocycles. The van der Waals surface area contributed by atoms with Crippen molar-refractivity contribution in [1.82, 2.24) is 4.90 Å². The summed E-state index contributed by atoms with van der Waals surface area (Å²) in [4.78, 5) is 13.8. The molecule has 2 rings (SSSR count). The van der Waals surface area contributed by atoms with E-state index >= 15 is 0 Å². The summed E-state index contributed by atoms with van der Waals surface area (Å²) in [6.45, 7) is 7.69. The Hall–Kier alpha value is -1.55. The van der Waals surface area contributed by atoms with Gasteiger partial charge >= 0.3 is 5.97 Å². The number of phenols is 1. The van der Waals surface area contributed by atoms with Crippen LogP contribution in [0, 0.1) is 13.8 Å². The standard InChI is InChI=1S/C17H25NO3/c1-4-21-17(20)7-8-18(15-5-6-15)11-14-9-12(2)13(3)10-16(14)19/h9-10,15,19H,4-8,11H2,1-3H3. The van der Waals surface area contributed by atoms with Crippen molar-refractivity contribution < 1.29 is 14.6 Å². The van der Waals surface area contributed by atoms with E-state index in [1.807, 2.05) is 26.0 Å². The zero-order chi connectivity index (χ0) is 15.4. The number of esters is 1. The zero-order valence-electron chi connectivity index (χ0n) is 13.2. The predicted molar refractivity (Wildman–Crippen MR) is 82.3 cm³/mol. The molecule has 0 amide bonds. The maximum absolute atomic E-state index is 11.5. The molecule has 1 aromatic carbocycles. The molecule has 0 atom stereocenters. The largest absolute Gasteiger partial charge is 0.508 e. The second-order valence-electron chi connectivity index (χ2n) is 5.82. The minimum absolute atomic E-state index is 0.146. The first kappa shape index (κ1) is 15.8. The van der Waals surface area contributed by atoms with E-state index in [1.165, 1.54) is 18.4 Å². The summed E-state index contributed by atoms with van der Waals surface area (Å²) in [6.07, 6.45) is 2.76. The number of phenolic OH excluding ortho intramolecular Hbond substituents is 1. The molecule has 1 aliphatic carbocycles. The molecule has 1 N–H and O–H groups in total. The van der Waals surface area contributed by atoms with Crippen LogP contribution in [-0.4, -0.2) is 35.2 Å². The Kier molecular flexibility index (Phi) is 5.23. The Morgan fingerprint density at radius 2 is 2.00 bits per heavy atom. The summed E-state index contributed by atoms with van der Waals surface area (Å²) in [5, 5.41) is 10.1. The van der Waals surface area contributed by atoms with Gasteiger partial charge in [0.25, 0.3) is 0 Å². The molecule has 4 heteroatoms. The number of aryl methyl sites for hydroxylation is 2. The highest BCUT2D eigenvalue weighted by molar-refractivity contribution is 5.69. The van der Waals surface area contributed by atoms with Gasteiger partial charge in [-0.25, -0.2) is 0 Å². The fourth-order valence-electron chi connectivity index (χ4n) is 2.50. The molecule has 0 unspecified atom stereocenters. The van der Waals surface area contributed by atoms with Crippen molar-refractivity contribution in [2.45, 2.75) is 52.6 Å². The Morgan fingerprint density at radius 1 is 1.33 bits per heavy atom. The number of nitrogens with zero attached hydrogens (tertiary/aromatic N) is 1. The van der Waals surface area contributed by atoms with Crippen LogP contribution in [0.15, 0.2) is 12.1 Å². The zero-order valence-corrected chi connectivity index (χ0v) is 13.2. The summed E-state index contributed by atoms with van der Waals surface area (Å²) in [5.74, 6) is 0.201. The number of rotatable bonds is 7. The predicted octanol–water partition coefficient (Wildman–Crippen LogP) is 2.93. The Bertz CT molecular complexity index is 509. The first-order valence-corrected chi connectivity index (χ1v) is 7.70. The van der Waals surface area contributed by atoms with E-state index in [0.717, 1.165) is 11.1 Å². The van der Waals surface area contributed by atoms with Crippen LogP contribution < -0.4 is 0 Å². The van der Waals surface area contributed by atoms with E-state index in [2.05, 4.69) is 11.8 Å². The molecule has 0 aromatic heterocycles. The van der Waals surface area contributed by atoms with Crippen LogP contribution in [0.2, 0.25) is 0 Å². The third-order valence-corrected chi connectivity index (χ3v) is 4.04. The number of aromatic hydroxyl groups is 1. The van der Waals surface area contributed by atoms with E-state index in [-0.39, 0.29) is 5.97 Å². The molecule has 0 radical (unpaired) electrons. The molecule has 0 heterocycles. The summed E-state index contributed by atoms with van der Waals surface area (Å²) < 4.78 is 4.99. The van der Waals surface area contributed by atoms with Gasteiger partial charge in [0.1, 0.15) is 5.75 Å². The average molecular weight is 291 g/mol. The lowest BCUT2D eigenvalue weighted by Gasteiger charge is -2.22. The van der Waals surface area contributed by atoms with Crippen LogP contribution in [0.3, 0.4) is 0 Å². The van der Waals surface area contributed by atoms with Crippen LogP contribution in [0.5, 0.6) is 5.75 Å². The average Bonchev–Trinajstić information content (AvgIpc) is 3.25. The summed E-state index contributed by atoms with van der Waals surface area (Å²) >= 11 is 0. The van der Waals surface area contributed by atoms with E-state index in [0.29, 0.717) is 37.9 Å². The smallest absolute Gasteiger partial charge is 0.307 e. The number of ether oxygens (including phenoxy) is 1. The molecule has 0 saturated heterocycles. The van der Waals surface area contributed by atoms with E-state index in [1.54, 1.807) is 0 Å². The fourth-order valence-corrected chi connectivity index (χ4v) is 2.50. The van der Waals surface area contributed by atoms with Gasteiger partial charge in [0, 0.05) is 24.7 Å². The third-order valence-electron chi connectivity index (χ3n) is 4.04. The molecular weight excluding hydrogens is 266 g/mol. The van der Waals surface area contributed by atoms with Gasteiger partial charge in [-0.05, 0) is 50.8 Å². The minimum Gasteiger partial charge on any atom is -0.508 e. The molecule has 21 heavy (non-hydrogen) atoms. The SMILES string of the molecule is CCOC(=O)CCN(Cc1cc(C)c(C)cc1O)C1CC1. The first-order valence-electron chi connectivity index (χ1n) is 7.70. The summed E-state index contributed by atoms with van der Waals surface area (Å²) in [7, 11) is 0. The molecule has 0 spiro atoms. The third kappa shape index (κ3) is 4.46. The van der Waals surface area contributed by atoms with Gasteiger partial charge in [-0.2, -0.15) is 0 Å². The van der Waals surface area contributed by atoms with Gasteiger partial charge in [0.2, 0.25) is 0 Å². The van der Waals surface area contributed by atoms with Crippen LogP contribution in [0.4, 0.5) is 0 Å². The topological polar surface area (TPSA) is 49.8 Å². The van der Waals surface area contributed by atoms with Crippen LogP contribution in [0.25, 0.3) is 0 Å². The van der Waals surface area contributed by atoms with Crippen LogP contribution >= 0.6 is 0 Å². The minimum atomic E-state index is -0.146. The highest BCUT2D eigenvalue weighted by Crippen LogP contribution is 2.31. The van der Waals surface area contributed by atoms with Crippen molar-refractivity contribution in [1.29, 1.82) is 0 Å². The molecule has 1 fully saturated rings. The van der Waals surface area contributed by atoms with Gasteiger partial charge in [-0.1, -0.05) is 6.07 Å². The molecule has 0 bridgehead atoms. The summed E-state index contributed by atoms with van der Waals surface area (Å²) in [6, 6.07) is 4.41. The second kappa shape index (κ2) is 6.94. The van der Waals surface area contributed by atoms with Gasteiger partial charge in [-0.15, -0.1) is 0 Å². The second-order valence-corrected chi connectivity index (χ2v) is 5.82. The monoisotopic (exact) mass is 291 g/mol. The van der Waals surface area contributed by atoms with E-state index in [4.69, 9.17) is 4.74 Å². The molecular formula is C17H25NO3. The normalized spacial score (nSPS) is 14.5. The number of carbonyl (C=O) groups excluding carboxylic acids is 1. The fraction of sp³-hybridized carbons (Fsp3) is 0.588. The molecule has 1 aromatic rings. The molecule has 116 valence electrons. The van der Waals surface area contributed by atoms with Gasteiger partial charge in [0.05, 0.1) is 13.0 Å². The molecule has 1 aliphatic rings. The van der Waals surface area contributed by atoms with Crippen molar-refractivity contribution >= 4 is 5.97 Å². The highest BCUT2D eigenvalue weighted by Gasteiger charge is 2.29. The number of hydrogen-bond acceptors (Lipinski definition) is 4. The maximum atomic E-state index is 11.5. The first-order chi connectivity index (χ1) is 10.0. The van der Waals surface area contributed by atoms with Crippen molar-refractivity contribution in [3.8, 4) is 5.75 Å². The van der Waals surface area contributed by atoms with Gasteiger partial charge in [0.15, 0.2) is 0 Å². The number of hydrogen-bond donors (Lipinski definition) is 1. The Balaban J connectivity index is 2.00. The number of carbonyl (C=O) groups is 1. The summed E-state index contributed by atoms with van der Waals surface area (Å²) in [5.41, 5.74) is 3.22. The van der Waals surface area contributed by atoms with E-state index in [9.17, 15) is 9.90 Å².